The highest BCUT2D eigenvalue weighted by molar-refractivity contribution is 7.13. The van der Waals surface area contributed by atoms with Crippen molar-refractivity contribution in [3.05, 3.63) is 102 Å². The molecule has 1 N–H and O–H groups in total. The van der Waals surface area contributed by atoms with E-state index in [2.05, 4.69) is 5.32 Å². The van der Waals surface area contributed by atoms with Crippen molar-refractivity contribution in [1.82, 2.24) is 15.1 Å². The van der Waals surface area contributed by atoms with E-state index in [9.17, 15) is 4.79 Å². The fourth-order valence-electron chi connectivity index (χ4n) is 2.84. The number of nitrogens with one attached hydrogen (secondary N) is 1. The molecule has 0 bridgehead atoms. The second kappa shape index (κ2) is 8.50. The molecule has 0 atom stereocenters. The minimum atomic E-state index is -0.131. The molecule has 28 heavy (non-hydrogen) atoms. The van der Waals surface area contributed by atoms with Crippen molar-refractivity contribution in [1.29, 1.82) is 0 Å². The molecule has 0 spiro atoms. The Balaban J connectivity index is 1.55. The SMILES string of the molecule is O=C(C=Cc1cn(-c2ccccc2)nc1-c1cccs1)NCc1ccccc1. The van der Waals surface area contributed by atoms with Gasteiger partial charge in [-0.1, -0.05) is 54.6 Å². The Kier molecular flexibility index (Phi) is 5.45. The molecule has 0 aliphatic carbocycles. The standard InChI is InChI=1S/C23H19N3OS/c27-22(24-16-18-8-3-1-4-9-18)14-13-19-17-26(20-10-5-2-6-11-20)25-23(19)21-12-7-15-28-21/h1-15,17H,16H2,(H,24,27). The van der Waals surface area contributed by atoms with Crippen molar-refractivity contribution in [3.8, 4) is 16.3 Å². The van der Waals surface area contributed by atoms with Crippen molar-refractivity contribution >= 4 is 23.3 Å². The second-order valence-corrected chi connectivity index (χ2v) is 7.17. The van der Waals surface area contributed by atoms with E-state index in [-0.39, 0.29) is 5.91 Å². The van der Waals surface area contributed by atoms with E-state index in [4.69, 9.17) is 5.10 Å². The van der Waals surface area contributed by atoms with Crippen LogP contribution in [0, 0.1) is 0 Å². The maximum Gasteiger partial charge on any atom is 0.244 e. The number of hydrogen-bond donors (Lipinski definition) is 1. The van der Waals surface area contributed by atoms with Gasteiger partial charge in [-0.3, -0.25) is 4.79 Å². The van der Waals surface area contributed by atoms with Crippen LogP contribution in [0.1, 0.15) is 11.1 Å². The number of amides is 1. The van der Waals surface area contributed by atoms with Crippen LogP contribution in [0.4, 0.5) is 0 Å². The molecule has 138 valence electrons. The monoisotopic (exact) mass is 385 g/mol. The largest absolute Gasteiger partial charge is 0.348 e. The lowest BCUT2D eigenvalue weighted by atomic mass is 10.2. The summed E-state index contributed by atoms with van der Waals surface area (Å²) in [7, 11) is 0. The number of carbonyl (C=O) groups is 1. The first-order chi connectivity index (χ1) is 13.8. The average Bonchev–Trinajstić information content (AvgIpc) is 3.42. The Labute approximate surface area is 167 Å². The minimum absolute atomic E-state index is 0.131. The second-order valence-electron chi connectivity index (χ2n) is 6.23. The summed E-state index contributed by atoms with van der Waals surface area (Å²) < 4.78 is 1.84. The summed E-state index contributed by atoms with van der Waals surface area (Å²) in [5, 5.41) is 9.67. The Morgan fingerprint density at radius 3 is 2.46 bits per heavy atom. The van der Waals surface area contributed by atoms with Crippen molar-refractivity contribution in [3.63, 3.8) is 0 Å². The van der Waals surface area contributed by atoms with Crippen LogP contribution in [-0.2, 0) is 11.3 Å². The number of benzene rings is 2. The number of nitrogens with zero attached hydrogens (tertiary/aromatic N) is 2. The van der Waals surface area contributed by atoms with E-state index in [0.29, 0.717) is 6.54 Å². The van der Waals surface area contributed by atoms with Crippen LogP contribution >= 0.6 is 11.3 Å². The molecule has 0 fully saturated rings. The van der Waals surface area contributed by atoms with E-state index in [1.165, 1.54) is 0 Å². The van der Waals surface area contributed by atoms with Gasteiger partial charge in [-0.05, 0) is 35.2 Å². The fraction of sp³-hybridized carbons (Fsp3) is 0.0435. The first-order valence-electron chi connectivity index (χ1n) is 8.98. The number of thiophene rings is 1. The van der Waals surface area contributed by atoms with Gasteiger partial charge >= 0.3 is 0 Å². The van der Waals surface area contributed by atoms with Crippen LogP contribution in [0.3, 0.4) is 0 Å². The first kappa shape index (κ1) is 17.9. The van der Waals surface area contributed by atoms with Gasteiger partial charge in [0.15, 0.2) is 0 Å². The van der Waals surface area contributed by atoms with Gasteiger partial charge in [0, 0.05) is 24.4 Å². The van der Waals surface area contributed by atoms with Crippen LogP contribution < -0.4 is 5.32 Å². The molecule has 0 saturated carbocycles. The molecule has 4 rings (SSSR count). The molecule has 4 nitrogen and oxygen atoms in total. The summed E-state index contributed by atoms with van der Waals surface area (Å²) in [6, 6.07) is 23.8. The zero-order chi connectivity index (χ0) is 19.2. The van der Waals surface area contributed by atoms with Crippen molar-refractivity contribution in [2.45, 2.75) is 6.54 Å². The van der Waals surface area contributed by atoms with E-state index >= 15 is 0 Å². The van der Waals surface area contributed by atoms with Crippen LogP contribution in [0.5, 0.6) is 0 Å². The Morgan fingerprint density at radius 1 is 1.00 bits per heavy atom. The topological polar surface area (TPSA) is 46.9 Å². The van der Waals surface area contributed by atoms with Gasteiger partial charge in [-0.15, -0.1) is 11.3 Å². The van der Waals surface area contributed by atoms with Gasteiger partial charge in [0.1, 0.15) is 5.69 Å². The van der Waals surface area contributed by atoms with Crippen LogP contribution in [0.15, 0.2) is 90.4 Å². The van der Waals surface area contributed by atoms with Gasteiger partial charge in [0.25, 0.3) is 0 Å². The van der Waals surface area contributed by atoms with Crippen LogP contribution in [0.2, 0.25) is 0 Å². The highest BCUT2D eigenvalue weighted by Gasteiger charge is 2.11. The van der Waals surface area contributed by atoms with Gasteiger partial charge in [0.05, 0.1) is 10.6 Å². The van der Waals surface area contributed by atoms with Gasteiger partial charge in [-0.2, -0.15) is 5.10 Å². The zero-order valence-electron chi connectivity index (χ0n) is 15.2. The van der Waals surface area contributed by atoms with E-state index < -0.39 is 0 Å². The normalized spacial score (nSPS) is 11.0. The summed E-state index contributed by atoms with van der Waals surface area (Å²) in [5.74, 6) is -0.131. The molecule has 0 unspecified atom stereocenters. The molecule has 0 saturated heterocycles. The lowest BCUT2D eigenvalue weighted by molar-refractivity contribution is -0.116. The number of rotatable bonds is 6. The molecule has 0 radical (unpaired) electrons. The number of hydrogen-bond acceptors (Lipinski definition) is 3. The third-order valence-electron chi connectivity index (χ3n) is 4.24. The Hall–Kier alpha value is -3.44. The molecular weight excluding hydrogens is 366 g/mol. The minimum Gasteiger partial charge on any atom is -0.348 e. The van der Waals surface area contributed by atoms with Gasteiger partial charge in [-0.25, -0.2) is 4.68 Å². The Bertz CT molecular complexity index is 1070. The number of carbonyl (C=O) groups excluding carboxylic acids is 1. The smallest absolute Gasteiger partial charge is 0.244 e. The van der Waals surface area contributed by atoms with E-state index in [1.54, 1.807) is 17.4 Å². The molecule has 2 aromatic heterocycles. The lowest BCUT2D eigenvalue weighted by Gasteiger charge is -2.01. The molecule has 2 heterocycles. The van der Waals surface area contributed by atoms with Gasteiger partial charge in [0.2, 0.25) is 5.91 Å². The molecule has 0 aliphatic rings. The summed E-state index contributed by atoms with van der Waals surface area (Å²) in [5.41, 5.74) is 3.82. The predicted octanol–water partition coefficient (Wildman–Crippen LogP) is 4.93. The summed E-state index contributed by atoms with van der Waals surface area (Å²) >= 11 is 1.63. The lowest BCUT2D eigenvalue weighted by Crippen LogP contribution is -2.20. The quantitative estimate of drug-likeness (QED) is 0.478. The third-order valence-corrected chi connectivity index (χ3v) is 5.12. The van der Waals surface area contributed by atoms with Crippen LogP contribution in [0.25, 0.3) is 22.3 Å². The summed E-state index contributed by atoms with van der Waals surface area (Å²) in [6.07, 6.45) is 5.33. The number of aromatic nitrogens is 2. The molecular formula is C23H19N3OS. The van der Waals surface area contributed by atoms with E-state index in [0.717, 1.165) is 27.4 Å². The van der Waals surface area contributed by atoms with Crippen molar-refractivity contribution < 1.29 is 4.79 Å². The first-order valence-corrected chi connectivity index (χ1v) is 9.86. The molecule has 4 aromatic rings. The van der Waals surface area contributed by atoms with Crippen molar-refractivity contribution in [2.24, 2.45) is 0 Å². The molecule has 5 heteroatoms. The highest BCUT2D eigenvalue weighted by Crippen LogP contribution is 2.28. The molecule has 0 aliphatic heterocycles. The molecule has 1 amide bonds. The predicted molar refractivity (Wildman–Crippen MR) is 114 cm³/mol. The van der Waals surface area contributed by atoms with Crippen LogP contribution in [-0.4, -0.2) is 15.7 Å². The van der Waals surface area contributed by atoms with Crippen molar-refractivity contribution in [2.75, 3.05) is 0 Å². The van der Waals surface area contributed by atoms with Gasteiger partial charge < -0.3 is 5.32 Å². The fourth-order valence-corrected chi connectivity index (χ4v) is 3.57. The maximum atomic E-state index is 12.2. The zero-order valence-corrected chi connectivity index (χ0v) is 16.0. The third kappa shape index (κ3) is 4.27. The summed E-state index contributed by atoms with van der Waals surface area (Å²) in [6.45, 7) is 0.505. The summed E-state index contributed by atoms with van der Waals surface area (Å²) in [4.78, 5) is 13.3. The van der Waals surface area contributed by atoms with E-state index in [1.807, 2.05) is 95.1 Å². The maximum absolute atomic E-state index is 12.2. The Morgan fingerprint density at radius 2 is 1.75 bits per heavy atom. The number of para-hydroxylation sites is 1. The molecule has 2 aromatic carbocycles. The highest BCUT2D eigenvalue weighted by atomic mass is 32.1. The average molecular weight is 385 g/mol.